The molecule has 0 aliphatic heterocycles. The molecule has 1 amide bonds. The van der Waals surface area contributed by atoms with Crippen molar-refractivity contribution in [1.29, 1.82) is 0 Å². The zero-order valence-electron chi connectivity index (χ0n) is 12.9. The molecule has 2 aromatic heterocycles. The highest BCUT2D eigenvalue weighted by atomic mass is 32.2. The lowest BCUT2D eigenvalue weighted by Crippen LogP contribution is -2.30. The maximum absolute atomic E-state index is 12.9. The van der Waals surface area contributed by atoms with E-state index in [1.165, 1.54) is 23.9 Å². The largest absolute Gasteiger partial charge is 0.467 e. The lowest BCUT2D eigenvalue weighted by molar-refractivity contribution is -0.120. The van der Waals surface area contributed by atoms with Crippen molar-refractivity contribution in [2.24, 2.45) is 0 Å². The standard InChI is InChI=1S/C17H15FN2O3S/c1-11(16(21)19-9-14-3-2-8-22-14)24-17-20-10-15(23-17)12-4-6-13(18)7-5-12/h2-8,10-11H,9H2,1H3,(H,19,21)/t11-/m0/s1. The molecule has 0 aliphatic rings. The molecule has 2 heterocycles. The molecule has 1 aromatic carbocycles. The second-order valence-electron chi connectivity index (χ2n) is 5.05. The summed E-state index contributed by atoms with van der Waals surface area (Å²) < 4.78 is 23.7. The molecule has 0 radical (unpaired) electrons. The Labute approximate surface area is 142 Å². The van der Waals surface area contributed by atoms with Gasteiger partial charge in [0, 0.05) is 5.56 Å². The second-order valence-corrected chi connectivity index (χ2v) is 6.35. The third-order valence-electron chi connectivity index (χ3n) is 3.28. The Bertz CT molecular complexity index is 800. The van der Waals surface area contributed by atoms with Crippen LogP contribution in [0.5, 0.6) is 0 Å². The van der Waals surface area contributed by atoms with Crippen LogP contribution in [0.3, 0.4) is 0 Å². The number of carbonyl (C=O) groups excluding carboxylic acids is 1. The topological polar surface area (TPSA) is 68.3 Å². The van der Waals surface area contributed by atoms with Crippen molar-refractivity contribution >= 4 is 17.7 Å². The fourth-order valence-electron chi connectivity index (χ4n) is 2.00. The zero-order valence-corrected chi connectivity index (χ0v) is 13.7. The van der Waals surface area contributed by atoms with Gasteiger partial charge in [0.05, 0.1) is 24.3 Å². The monoisotopic (exact) mass is 346 g/mol. The molecule has 0 saturated carbocycles. The summed E-state index contributed by atoms with van der Waals surface area (Å²) in [4.78, 5) is 16.2. The highest BCUT2D eigenvalue weighted by Crippen LogP contribution is 2.28. The molecule has 0 saturated heterocycles. The van der Waals surface area contributed by atoms with Crippen LogP contribution in [0.25, 0.3) is 11.3 Å². The number of carbonyl (C=O) groups is 1. The van der Waals surface area contributed by atoms with E-state index in [2.05, 4.69) is 10.3 Å². The molecule has 0 spiro atoms. The fraction of sp³-hybridized carbons (Fsp3) is 0.176. The van der Waals surface area contributed by atoms with Crippen LogP contribution in [0.1, 0.15) is 12.7 Å². The van der Waals surface area contributed by atoms with Gasteiger partial charge in [-0.3, -0.25) is 4.79 Å². The van der Waals surface area contributed by atoms with E-state index in [-0.39, 0.29) is 17.0 Å². The van der Waals surface area contributed by atoms with Gasteiger partial charge in [0.2, 0.25) is 5.91 Å². The highest BCUT2D eigenvalue weighted by molar-refractivity contribution is 8.00. The first-order valence-corrected chi connectivity index (χ1v) is 8.18. The molecular formula is C17H15FN2O3S. The van der Waals surface area contributed by atoms with E-state index >= 15 is 0 Å². The van der Waals surface area contributed by atoms with Gasteiger partial charge in [-0.2, -0.15) is 0 Å². The first kappa shape index (κ1) is 16.3. The van der Waals surface area contributed by atoms with Crippen LogP contribution in [-0.2, 0) is 11.3 Å². The third-order valence-corrected chi connectivity index (χ3v) is 4.23. The number of hydrogen-bond donors (Lipinski definition) is 1. The fourth-order valence-corrected chi connectivity index (χ4v) is 2.74. The Morgan fingerprint density at radius 3 is 2.83 bits per heavy atom. The number of nitrogens with one attached hydrogen (secondary N) is 1. The summed E-state index contributed by atoms with van der Waals surface area (Å²) >= 11 is 1.21. The third kappa shape index (κ3) is 4.05. The van der Waals surface area contributed by atoms with E-state index in [0.717, 1.165) is 5.56 Å². The molecule has 24 heavy (non-hydrogen) atoms. The summed E-state index contributed by atoms with van der Waals surface area (Å²) in [6.45, 7) is 2.10. The van der Waals surface area contributed by atoms with Crippen molar-refractivity contribution in [1.82, 2.24) is 10.3 Å². The Hall–Kier alpha value is -2.54. The van der Waals surface area contributed by atoms with Crippen LogP contribution >= 0.6 is 11.8 Å². The number of hydrogen-bond acceptors (Lipinski definition) is 5. The van der Waals surface area contributed by atoms with Crippen LogP contribution in [0, 0.1) is 5.82 Å². The molecule has 0 unspecified atom stereocenters. The van der Waals surface area contributed by atoms with Gasteiger partial charge >= 0.3 is 0 Å². The number of aromatic nitrogens is 1. The summed E-state index contributed by atoms with van der Waals surface area (Å²) in [5, 5.41) is 2.79. The van der Waals surface area contributed by atoms with Gasteiger partial charge in [-0.15, -0.1) is 0 Å². The number of thioether (sulfide) groups is 1. The van der Waals surface area contributed by atoms with Gasteiger partial charge in [-0.1, -0.05) is 11.8 Å². The zero-order chi connectivity index (χ0) is 16.9. The van der Waals surface area contributed by atoms with Gasteiger partial charge in [0.25, 0.3) is 5.22 Å². The quantitative estimate of drug-likeness (QED) is 0.686. The van der Waals surface area contributed by atoms with Crippen molar-refractivity contribution in [2.45, 2.75) is 23.9 Å². The Morgan fingerprint density at radius 1 is 1.33 bits per heavy atom. The van der Waals surface area contributed by atoms with Gasteiger partial charge in [0.15, 0.2) is 5.76 Å². The Kier molecular flexibility index (Phi) is 5.00. The predicted octanol–water partition coefficient (Wildman–Crippen LogP) is 3.87. The van der Waals surface area contributed by atoms with E-state index in [9.17, 15) is 9.18 Å². The Morgan fingerprint density at radius 2 is 2.12 bits per heavy atom. The van der Waals surface area contributed by atoms with Crippen molar-refractivity contribution in [3.05, 3.63) is 60.4 Å². The molecule has 0 aliphatic carbocycles. The summed E-state index contributed by atoms with van der Waals surface area (Å²) in [7, 11) is 0. The minimum Gasteiger partial charge on any atom is -0.467 e. The lowest BCUT2D eigenvalue weighted by atomic mass is 10.2. The van der Waals surface area contributed by atoms with Gasteiger partial charge < -0.3 is 14.2 Å². The molecule has 0 fully saturated rings. The summed E-state index contributed by atoms with van der Waals surface area (Å²) in [5.41, 5.74) is 0.727. The van der Waals surface area contributed by atoms with E-state index in [4.69, 9.17) is 8.83 Å². The number of rotatable bonds is 6. The number of oxazole rings is 1. The van der Waals surface area contributed by atoms with Gasteiger partial charge in [-0.25, -0.2) is 9.37 Å². The molecule has 124 valence electrons. The summed E-state index contributed by atoms with van der Waals surface area (Å²) in [5.74, 6) is 0.767. The van der Waals surface area contributed by atoms with Gasteiger partial charge in [-0.05, 0) is 43.3 Å². The average Bonchev–Trinajstić information content (AvgIpc) is 3.25. The highest BCUT2D eigenvalue weighted by Gasteiger charge is 2.18. The summed E-state index contributed by atoms with van der Waals surface area (Å²) in [6, 6.07) is 9.50. The van der Waals surface area contributed by atoms with Crippen LogP contribution in [0.2, 0.25) is 0 Å². The number of nitrogens with zero attached hydrogens (tertiary/aromatic N) is 1. The molecule has 7 heteroatoms. The first-order chi connectivity index (χ1) is 11.6. The first-order valence-electron chi connectivity index (χ1n) is 7.30. The van der Waals surface area contributed by atoms with Crippen molar-refractivity contribution in [2.75, 3.05) is 0 Å². The van der Waals surface area contributed by atoms with Crippen LogP contribution in [0.4, 0.5) is 4.39 Å². The van der Waals surface area contributed by atoms with E-state index in [1.807, 2.05) is 0 Å². The number of furan rings is 1. The van der Waals surface area contributed by atoms with Crippen molar-refractivity contribution < 1.29 is 18.0 Å². The smallest absolute Gasteiger partial charge is 0.256 e. The predicted molar refractivity (Wildman–Crippen MR) is 87.8 cm³/mol. The maximum atomic E-state index is 12.9. The molecule has 5 nitrogen and oxygen atoms in total. The van der Waals surface area contributed by atoms with E-state index in [0.29, 0.717) is 23.3 Å². The lowest BCUT2D eigenvalue weighted by Gasteiger charge is -2.08. The van der Waals surface area contributed by atoms with Crippen molar-refractivity contribution in [3.63, 3.8) is 0 Å². The minimum atomic E-state index is -0.375. The Balaban J connectivity index is 1.57. The molecule has 1 N–H and O–H groups in total. The molecule has 1 atom stereocenters. The normalized spacial score (nSPS) is 12.1. The van der Waals surface area contributed by atoms with E-state index in [1.54, 1.807) is 43.6 Å². The molecule has 0 bridgehead atoms. The number of halogens is 1. The molecular weight excluding hydrogens is 331 g/mol. The average molecular weight is 346 g/mol. The van der Waals surface area contributed by atoms with Crippen molar-refractivity contribution in [3.8, 4) is 11.3 Å². The maximum Gasteiger partial charge on any atom is 0.256 e. The molecule has 3 aromatic rings. The van der Waals surface area contributed by atoms with Gasteiger partial charge in [0.1, 0.15) is 11.6 Å². The SMILES string of the molecule is C[C@H](Sc1ncc(-c2ccc(F)cc2)o1)C(=O)NCc1ccco1. The van der Waals surface area contributed by atoms with Crippen LogP contribution in [-0.4, -0.2) is 16.1 Å². The number of amides is 1. The van der Waals surface area contributed by atoms with E-state index < -0.39 is 0 Å². The van der Waals surface area contributed by atoms with Crippen LogP contribution in [0.15, 0.2) is 62.9 Å². The summed E-state index contributed by atoms with van der Waals surface area (Å²) in [6.07, 6.45) is 3.12. The molecule has 3 rings (SSSR count). The van der Waals surface area contributed by atoms with Crippen LogP contribution < -0.4 is 5.32 Å². The minimum absolute atomic E-state index is 0.141. The number of benzene rings is 1. The second kappa shape index (κ2) is 7.35.